The fourth-order valence-corrected chi connectivity index (χ4v) is 9.00. The minimum absolute atomic E-state index is 0.274. The number of fused-ring (bicyclic) bond motifs is 4. The van der Waals surface area contributed by atoms with E-state index in [1.54, 1.807) is 0 Å². The fraction of sp³-hybridized carbons (Fsp3) is 0.759. The monoisotopic (exact) mass is 489 g/mol. The first-order valence-corrected chi connectivity index (χ1v) is 14.9. The Morgan fingerprint density at radius 1 is 0.806 bits per heavy atom. The van der Waals surface area contributed by atoms with Crippen molar-refractivity contribution in [3.05, 3.63) is 36.2 Å². The van der Waals surface area contributed by atoms with Crippen molar-refractivity contribution < 1.29 is 0 Å². The molecule has 0 radical (unpaired) electrons. The zero-order valence-corrected chi connectivity index (χ0v) is 21.7. The molecule has 3 aliphatic heterocycles. The molecule has 1 aromatic carbocycles. The predicted molar refractivity (Wildman–Crippen MR) is 141 cm³/mol. The van der Waals surface area contributed by atoms with Crippen LogP contribution in [-0.2, 0) is 0 Å². The molecule has 1 N–H and O–H groups in total. The van der Waals surface area contributed by atoms with Gasteiger partial charge in [-0.15, -0.1) is 10.2 Å². The van der Waals surface area contributed by atoms with Crippen LogP contribution in [0.4, 0.5) is 5.69 Å². The van der Waals surface area contributed by atoms with E-state index in [-0.39, 0.29) is 6.04 Å². The van der Waals surface area contributed by atoms with E-state index in [1.807, 2.05) is 0 Å². The molecule has 7 rings (SSSR count). The third-order valence-electron chi connectivity index (χ3n) is 10.4. The van der Waals surface area contributed by atoms with Gasteiger partial charge in [-0.2, -0.15) is 5.21 Å². The number of anilines is 1. The largest absolute Gasteiger partial charge is 0.355 e. The molecule has 7 heteroatoms. The Labute approximate surface area is 216 Å². The lowest BCUT2D eigenvalue weighted by Gasteiger charge is -2.57. The number of tetrazole rings is 1. The summed E-state index contributed by atoms with van der Waals surface area (Å²) in [5, 5.41) is 15.3. The second-order valence-electron chi connectivity index (χ2n) is 12.5. The minimum Gasteiger partial charge on any atom is -0.355 e. The summed E-state index contributed by atoms with van der Waals surface area (Å²) in [6.45, 7) is 2.07. The quantitative estimate of drug-likeness (QED) is 0.605. The zero-order chi connectivity index (χ0) is 23.9. The molecule has 2 unspecified atom stereocenters. The highest BCUT2D eigenvalue weighted by Gasteiger charge is 2.46. The summed E-state index contributed by atoms with van der Waals surface area (Å²) < 4.78 is 0. The van der Waals surface area contributed by atoms with E-state index in [0.29, 0.717) is 6.04 Å². The van der Waals surface area contributed by atoms with Crippen LogP contribution in [0.3, 0.4) is 0 Å². The number of benzene rings is 1. The number of likely N-dealkylation sites (tertiary alicyclic amines) is 1. The molecule has 2 aliphatic carbocycles. The van der Waals surface area contributed by atoms with Gasteiger partial charge in [0.1, 0.15) is 0 Å². The molecule has 3 saturated heterocycles. The number of piperidine rings is 2. The van der Waals surface area contributed by atoms with Gasteiger partial charge in [0, 0.05) is 36.4 Å². The van der Waals surface area contributed by atoms with Crippen molar-refractivity contribution in [3.63, 3.8) is 0 Å². The summed E-state index contributed by atoms with van der Waals surface area (Å²) in [7, 11) is 0. The van der Waals surface area contributed by atoms with Gasteiger partial charge in [0.25, 0.3) is 0 Å². The van der Waals surface area contributed by atoms with Gasteiger partial charge in [-0.3, -0.25) is 9.80 Å². The first kappa shape index (κ1) is 23.2. The Bertz CT molecular complexity index is 955. The maximum atomic E-state index is 4.36. The number of aromatic amines is 1. The van der Waals surface area contributed by atoms with E-state index < -0.39 is 0 Å². The van der Waals surface area contributed by atoms with Crippen LogP contribution in [0.25, 0.3) is 0 Å². The normalized spacial score (nSPS) is 37.2. The molecule has 2 saturated carbocycles. The summed E-state index contributed by atoms with van der Waals surface area (Å²) in [4.78, 5) is 8.44. The Balaban J connectivity index is 1.12. The highest BCUT2D eigenvalue weighted by Crippen LogP contribution is 2.46. The van der Waals surface area contributed by atoms with E-state index in [0.717, 1.165) is 55.4 Å². The van der Waals surface area contributed by atoms with Crippen LogP contribution in [0.15, 0.2) is 30.3 Å². The molecular formula is C29H43N7. The molecule has 2 aromatic rings. The van der Waals surface area contributed by atoms with Crippen LogP contribution in [0, 0.1) is 11.8 Å². The Morgan fingerprint density at radius 3 is 2.28 bits per heavy atom. The summed E-state index contributed by atoms with van der Waals surface area (Å²) in [5.41, 5.74) is 1.37. The van der Waals surface area contributed by atoms with Gasteiger partial charge in [-0.1, -0.05) is 49.1 Å². The van der Waals surface area contributed by atoms with Crippen LogP contribution < -0.4 is 4.90 Å². The highest BCUT2D eigenvalue weighted by atomic mass is 15.5. The fourth-order valence-electron chi connectivity index (χ4n) is 9.00. The van der Waals surface area contributed by atoms with E-state index in [2.05, 4.69) is 65.7 Å². The Kier molecular flexibility index (Phi) is 6.46. The lowest BCUT2D eigenvalue weighted by Crippen LogP contribution is -2.62. The standard InChI is InChI=1S/C29H43N7/c1-2-9-23(10-3-1)35(20-34-14-6-13-28(34)29-30-32-33-31-29)26-18-24-11-5-12-25(19-26)36(24)27-16-21-7-4-8-22(15-21)17-27/h1-3,9-10,21-22,24-28H,4-8,11-20H2,(H,30,31,32,33)/t21-,22+,24-,25+,26?,27?,28-/m0/s1. The molecule has 194 valence electrons. The number of nitrogens with one attached hydrogen (secondary N) is 1. The zero-order valence-electron chi connectivity index (χ0n) is 21.7. The van der Waals surface area contributed by atoms with Crippen LogP contribution in [0.1, 0.15) is 95.3 Å². The number of hydrogen-bond donors (Lipinski definition) is 1. The van der Waals surface area contributed by atoms with Gasteiger partial charge in [0.2, 0.25) is 0 Å². The number of aromatic nitrogens is 4. The average Bonchev–Trinajstić information content (AvgIpc) is 3.59. The van der Waals surface area contributed by atoms with Crippen molar-refractivity contribution in [2.45, 2.75) is 114 Å². The third kappa shape index (κ3) is 4.47. The molecular weight excluding hydrogens is 446 g/mol. The summed E-state index contributed by atoms with van der Waals surface area (Å²) in [6, 6.07) is 14.5. The van der Waals surface area contributed by atoms with Crippen molar-refractivity contribution in [2.24, 2.45) is 11.8 Å². The van der Waals surface area contributed by atoms with Gasteiger partial charge in [0.05, 0.1) is 12.7 Å². The van der Waals surface area contributed by atoms with Crippen molar-refractivity contribution in [2.75, 3.05) is 18.1 Å². The van der Waals surface area contributed by atoms with E-state index in [9.17, 15) is 0 Å². The molecule has 7 atom stereocenters. The van der Waals surface area contributed by atoms with Crippen LogP contribution in [-0.4, -0.2) is 67.8 Å². The van der Waals surface area contributed by atoms with Crippen molar-refractivity contribution in [1.29, 1.82) is 0 Å². The van der Waals surface area contributed by atoms with Gasteiger partial charge >= 0.3 is 0 Å². The lowest BCUT2D eigenvalue weighted by atomic mass is 9.68. The molecule has 36 heavy (non-hydrogen) atoms. The Morgan fingerprint density at radius 2 is 1.56 bits per heavy atom. The third-order valence-corrected chi connectivity index (χ3v) is 10.4. The summed E-state index contributed by atoms with van der Waals surface area (Å²) in [5.74, 6) is 2.88. The number of nitrogens with zero attached hydrogens (tertiary/aromatic N) is 6. The lowest BCUT2D eigenvalue weighted by molar-refractivity contribution is -0.0418. The molecule has 1 aromatic heterocycles. The smallest absolute Gasteiger partial charge is 0.191 e. The molecule has 0 spiro atoms. The first-order valence-electron chi connectivity index (χ1n) is 14.9. The predicted octanol–water partition coefficient (Wildman–Crippen LogP) is 5.16. The minimum atomic E-state index is 0.274. The van der Waals surface area contributed by atoms with E-state index in [1.165, 1.54) is 82.7 Å². The number of rotatable bonds is 6. The second kappa shape index (κ2) is 10.1. The average molecular weight is 490 g/mol. The summed E-state index contributed by atoms with van der Waals surface area (Å²) >= 11 is 0. The molecule has 7 nitrogen and oxygen atoms in total. The maximum Gasteiger partial charge on any atom is 0.191 e. The van der Waals surface area contributed by atoms with Crippen molar-refractivity contribution in [3.8, 4) is 0 Å². The van der Waals surface area contributed by atoms with Crippen LogP contribution in [0.5, 0.6) is 0 Å². The number of para-hydroxylation sites is 1. The van der Waals surface area contributed by atoms with Crippen molar-refractivity contribution >= 4 is 5.69 Å². The maximum absolute atomic E-state index is 4.36. The Hall–Kier alpha value is -1.99. The molecule has 5 fully saturated rings. The van der Waals surface area contributed by atoms with Crippen molar-refractivity contribution in [1.82, 2.24) is 30.4 Å². The van der Waals surface area contributed by atoms with Gasteiger partial charge in [-0.05, 0) is 81.8 Å². The van der Waals surface area contributed by atoms with Crippen LogP contribution >= 0.6 is 0 Å². The van der Waals surface area contributed by atoms with E-state index in [4.69, 9.17) is 0 Å². The van der Waals surface area contributed by atoms with Gasteiger partial charge in [0.15, 0.2) is 5.82 Å². The second-order valence-corrected chi connectivity index (χ2v) is 12.5. The van der Waals surface area contributed by atoms with Gasteiger partial charge in [-0.25, -0.2) is 0 Å². The molecule has 0 amide bonds. The molecule has 4 heterocycles. The topological polar surface area (TPSA) is 64.2 Å². The van der Waals surface area contributed by atoms with Gasteiger partial charge < -0.3 is 4.90 Å². The number of H-pyrrole nitrogens is 1. The highest BCUT2D eigenvalue weighted by molar-refractivity contribution is 5.47. The molecule has 5 aliphatic rings. The summed E-state index contributed by atoms with van der Waals surface area (Å²) in [6.07, 6.45) is 18.2. The number of hydrogen-bond acceptors (Lipinski definition) is 6. The SMILES string of the molecule is c1ccc(N(CN2CCC[C@H]2c2nn[nH]n2)C2C[C@H]3CCC[C@@H](C2)N3C2C[C@H]3CCC[C@@H](C2)C3)cc1. The van der Waals surface area contributed by atoms with E-state index >= 15 is 0 Å². The molecule has 4 bridgehead atoms. The van der Waals surface area contributed by atoms with Crippen LogP contribution in [0.2, 0.25) is 0 Å². The first-order chi connectivity index (χ1) is 17.8.